The van der Waals surface area contributed by atoms with Crippen LogP contribution in [0.15, 0.2) is 59.3 Å². The van der Waals surface area contributed by atoms with Gasteiger partial charge in [-0.15, -0.1) is 5.10 Å². The molecular weight excluding hydrogens is 429 g/mol. The standard InChI is InChI=1S/C18H20N5O.HI/c1-21-9-7-15(8-10-21)17-19-20-18(24-17)23-13-11-22(12-14-23)16-5-3-2-4-6-16;/h2-10H,11-14H2,1H3;1H/q+1;/p-1. The summed E-state index contributed by atoms with van der Waals surface area (Å²) in [6.45, 7) is 3.65. The Morgan fingerprint density at radius 2 is 1.52 bits per heavy atom. The minimum absolute atomic E-state index is 0. The summed E-state index contributed by atoms with van der Waals surface area (Å²) in [7, 11) is 1.98. The molecule has 0 unspecified atom stereocenters. The smallest absolute Gasteiger partial charge is 0.318 e. The number of halogens is 1. The van der Waals surface area contributed by atoms with Crippen molar-refractivity contribution < 1.29 is 33.0 Å². The van der Waals surface area contributed by atoms with E-state index in [4.69, 9.17) is 4.42 Å². The van der Waals surface area contributed by atoms with Gasteiger partial charge in [-0.25, -0.2) is 4.57 Å². The van der Waals surface area contributed by atoms with Crippen molar-refractivity contribution in [3.8, 4) is 11.5 Å². The van der Waals surface area contributed by atoms with E-state index in [0.29, 0.717) is 11.9 Å². The first-order valence-electron chi connectivity index (χ1n) is 8.14. The van der Waals surface area contributed by atoms with Crippen LogP contribution in [0, 0.1) is 0 Å². The molecule has 7 heteroatoms. The molecule has 0 amide bonds. The number of para-hydroxylation sites is 1. The summed E-state index contributed by atoms with van der Waals surface area (Å²) in [5, 5.41) is 8.41. The first-order valence-corrected chi connectivity index (χ1v) is 8.14. The second-order valence-corrected chi connectivity index (χ2v) is 5.95. The van der Waals surface area contributed by atoms with E-state index in [1.807, 2.05) is 42.2 Å². The van der Waals surface area contributed by atoms with Gasteiger partial charge in [0.1, 0.15) is 7.05 Å². The van der Waals surface area contributed by atoms with Gasteiger partial charge in [-0.2, -0.15) is 0 Å². The van der Waals surface area contributed by atoms with E-state index in [2.05, 4.69) is 44.3 Å². The first kappa shape index (κ1) is 17.7. The molecule has 4 rings (SSSR count). The molecule has 1 aliphatic heterocycles. The van der Waals surface area contributed by atoms with Gasteiger partial charge in [0.25, 0.3) is 0 Å². The van der Waals surface area contributed by atoms with Crippen molar-refractivity contribution in [2.75, 3.05) is 36.0 Å². The fourth-order valence-corrected chi connectivity index (χ4v) is 2.90. The third-order valence-corrected chi connectivity index (χ3v) is 4.31. The van der Waals surface area contributed by atoms with Gasteiger partial charge in [0, 0.05) is 44.0 Å². The van der Waals surface area contributed by atoms with E-state index in [1.54, 1.807) is 0 Å². The maximum absolute atomic E-state index is 5.87. The molecule has 25 heavy (non-hydrogen) atoms. The maximum atomic E-state index is 5.87. The van der Waals surface area contributed by atoms with E-state index >= 15 is 0 Å². The van der Waals surface area contributed by atoms with Crippen LogP contribution < -0.4 is 38.3 Å². The van der Waals surface area contributed by atoms with Crippen molar-refractivity contribution in [3.05, 3.63) is 54.9 Å². The maximum Gasteiger partial charge on any atom is 0.318 e. The van der Waals surface area contributed by atoms with E-state index in [9.17, 15) is 0 Å². The van der Waals surface area contributed by atoms with Crippen molar-refractivity contribution in [2.24, 2.45) is 7.05 Å². The molecule has 3 aromatic rings. The predicted molar refractivity (Wildman–Crippen MR) is 91.8 cm³/mol. The van der Waals surface area contributed by atoms with Crippen LogP contribution in [0.1, 0.15) is 0 Å². The fourth-order valence-electron chi connectivity index (χ4n) is 2.90. The van der Waals surface area contributed by atoms with Gasteiger partial charge < -0.3 is 38.2 Å². The molecule has 6 nitrogen and oxygen atoms in total. The number of pyridine rings is 1. The van der Waals surface area contributed by atoms with Crippen LogP contribution in [0.2, 0.25) is 0 Å². The summed E-state index contributed by atoms with van der Waals surface area (Å²) in [6, 6.07) is 15.0. The van der Waals surface area contributed by atoms with Crippen LogP contribution in [0.3, 0.4) is 0 Å². The topological polar surface area (TPSA) is 49.3 Å². The second kappa shape index (κ2) is 7.81. The Hall–Kier alpha value is -2.16. The van der Waals surface area contributed by atoms with Crippen LogP contribution in [-0.4, -0.2) is 36.4 Å². The van der Waals surface area contributed by atoms with E-state index in [1.165, 1.54) is 5.69 Å². The molecular formula is C18H20IN5O. The number of hydrogen-bond donors (Lipinski definition) is 0. The van der Waals surface area contributed by atoms with Crippen LogP contribution in [0.4, 0.5) is 11.7 Å². The minimum atomic E-state index is 0. The molecule has 3 heterocycles. The number of piperazine rings is 1. The molecule has 0 N–H and O–H groups in total. The predicted octanol–water partition coefficient (Wildman–Crippen LogP) is -1.11. The van der Waals surface area contributed by atoms with Gasteiger partial charge in [0.15, 0.2) is 12.4 Å². The lowest BCUT2D eigenvalue weighted by molar-refractivity contribution is -0.671. The average Bonchev–Trinajstić information content (AvgIpc) is 3.13. The fraction of sp³-hybridized carbons (Fsp3) is 0.278. The number of anilines is 2. The van der Waals surface area contributed by atoms with Crippen molar-refractivity contribution in [2.45, 2.75) is 0 Å². The Morgan fingerprint density at radius 3 is 2.20 bits per heavy atom. The highest BCUT2D eigenvalue weighted by Crippen LogP contribution is 2.23. The molecule has 1 aliphatic rings. The highest BCUT2D eigenvalue weighted by molar-refractivity contribution is 5.52. The first-order chi connectivity index (χ1) is 11.8. The Morgan fingerprint density at radius 1 is 0.880 bits per heavy atom. The molecule has 0 bridgehead atoms. The third kappa shape index (κ3) is 3.92. The number of aromatic nitrogens is 3. The highest BCUT2D eigenvalue weighted by Gasteiger charge is 2.22. The molecule has 0 radical (unpaired) electrons. The number of hydrogen-bond acceptors (Lipinski definition) is 5. The molecule has 2 aromatic heterocycles. The lowest BCUT2D eigenvalue weighted by atomic mass is 10.2. The van der Waals surface area contributed by atoms with Gasteiger partial charge >= 0.3 is 6.01 Å². The molecule has 0 atom stereocenters. The lowest BCUT2D eigenvalue weighted by Crippen LogP contribution is -3.00. The average molecular weight is 449 g/mol. The largest absolute Gasteiger partial charge is 1.00 e. The molecule has 1 aromatic carbocycles. The lowest BCUT2D eigenvalue weighted by Gasteiger charge is -2.35. The van der Waals surface area contributed by atoms with Crippen LogP contribution in [-0.2, 0) is 7.05 Å². The van der Waals surface area contributed by atoms with Crippen molar-refractivity contribution in [1.82, 2.24) is 10.2 Å². The molecule has 1 saturated heterocycles. The molecule has 0 saturated carbocycles. The van der Waals surface area contributed by atoms with Gasteiger partial charge in [0.05, 0.1) is 5.56 Å². The van der Waals surface area contributed by atoms with E-state index in [0.717, 1.165) is 31.7 Å². The Labute approximate surface area is 164 Å². The highest BCUT2D eigenvalue weighted by atomic mass is 127. The van der Waals surface area contributed by atoms with Crippen LogP contribution in [0.25, 0.3) is 11.5 Å². The summed E-state index contributed by atoms with van der Waals surface area (Å²) in [5.74, 6) is 0.566. The molecule has 130 valence electrons. The second-order valence-electron chi connectivity index (χ2n) is 5.95. The number of benzene rings is 1. The number of rotatable bonds is 3. The SMILES string of the molecule is C[n+]1ccc(-c2nnc(N3CCN(c4ccccc4)CC3)o2)cc1.[I-]. The van der Waals surface area contributed by atoms with Gasteiger partial charge in [-0.3, -0.25) is 0 Å². The number of aryl methyl sites for hydroxylation is 1. The third-order valence-electron chi connectivity index (χ3n) is 4.31. The Kier molecular flexibility index (Phi) is 5.52. The zero-order valence-corrected chi connectivity index (χ0v) is 16.2. The zero-order valence-electron chi connectivity index (χ0n) is 14.0. The van der Waals surface area contributed by atoms with Gasteiger partial charge in [-0.05, 0) is 12.1 Å². The monoisotopic (exact) mass is 449 g/mol. The zero-order chi connectivity index (χ0) is 16.4. The van der Waals surface area contributed by atoms with Gasteiger partial charge in [-0.1, -0.05) is 23.3 Å². The normalized spacial score (nSPS) is 14.3. The Balaban J connectivity index is 0.00000182. The van der Waals surface area contributed by atoms with Crippen LogP contribution >= 0.6 is 0 Å². The molecule has 0 spiro atoms. The number of nitrogens with zero attached hydrogens (tertiary/aromatic N) is 5. The summed E-state index contributed by atoms with van der Waals surface area (Å²) in [5.41, 5.74) is 2.20. The summed E-state index contributed by atoms with van der Waals surface area (Å²) >= 11 is 0. The van der Waals surface area contributed by atoms with Crippen molar-refractivity contribution in [1.29, 1.82) is 0 Å². The van der Waals surface area contributed by atoms with E-state index in [-0.39, 0.29) is 24.0 Å². The Bertz CT molecular complexity index is 798. The van der Waals surface area contributed by atoms with Crippen molar-refractivity contribution in [3.63, 3.8) is 0 Å². The van der Waals surface area contributed by atoms with Crippen LogP contribution in [0.5, 0.6) is 0 Å². The van der Waals surface area contributed by atoms with Gasteiger partial charge in [0.2, 0.25) is 5.89 Å². The summed E-state index contributed by atoms with van der Waals surface area (Å²) in [4.78, 5) is 4.53. The summed E-state index contributed by atoms with van der Waals surface area (Å²) in [6.07, 6.45) is 3.94. The quantitative estimate of drug-likeness (QED) is 0.375. The van der Waals surface area contributed by atoms with E-state index < -0.39 is 0 Å². The molecule has 0 aliphatic carbocycles. The van der Waals surface area contributed by atoms with Crippen molar-refractivity contribution >= 4 is 11.7 Å². The summed E-state index contributed by atoms with van der Waals surface area (Å²) < 4.78 is 7.84. The molecule has 1 fully saturated rings. The minimum Gasteiger partial charge on any atom is -1.00 e.